The van der Waals surface area contributed by atoms with Gasteiger partial charge in [0.1, 0.15) is 0 Å². The highest BCUT2D eigenvalue weighted by Crippen LogP contribution is 2.70. The van der Waals surface area contributed by atoms with E-state index >= 15 is 0 Å². The lowest BCUT2D eigenvalue weighted by Crippen LogP contribution is -2.62. The fourth-order valence-electron chi connectivity index (χ4n) is 11.2. The second-order valence-corrected chi connectivity index (χ2v) is 16.8. The molecule has 6 rings (SSSR count). The normalized spacial score (nSPS) is 47.5. The topological polar surface area (TPSA) is 94.5 Å². The van der Waals surface area contributed by atoms with Crippen LogP contribution in [0.3, 0.4) is 0 Å². The summed E-state index contributed by atoms with van der Waals surface area (Å²) in [5, 5.41) is 23.6. The first kappa shape index (κ1) is 33.1. The maximum absolute atomic E-state index is 14.1. The molecule has 0 bridgehead atoms. The molecule has 0 aromatic heterocycles. The number of aliphatic hydroxyl groups is 2. The van der Waals surface area contributed by atoms with Crippen LogP contribution in [0.4, 0.5) is 0 Å². The fraction of sp³-hybridized carbons (Fsp3) is 0.919. The summed E-state index contributed by atoms with van der Waals surface area (Å²) in [6.07, 6.45) is 10.7. The Bertz CT molecular complexity index is 1160. The van der Waals surface area contributed by atoms with Crippen LogP contribution in [0.1, 0.15) is 139 Å². The van der Waals surface area contributed by atoms with Gasteiger partial charge in [0.25, 0.3) is 0 Å². The van der Waals surface area contributed by atoms with E-state index in [1.165, 1.54) is 0 Å². The Morgan fingerprint density at radius 1 is 0.886 bits per heavy atom. The molecule has 250 valence electrons. The lowest BCUT2D eigenvalue weighted by Gasteiger charge is -2.60. The average Bonchev–Trinajstić information content (AvgIpc) is 3.58. The van der Waals surface area contributed by atoms with Gasteiger partial charge in [-0.1, -0.05) is 41.5 Å². The number of ether oxygens (including phenoxy) is 4. The standard InChI is InChI=1S/C37H60O7/c1-10-35(11-2)41-27-21-25-26(38)20-24-23(32(25,7)22-28(27)42-35)14-18-33(8)29(15-19-37(24,33)40)34(9)30(16-17-31(5,6)39)43-36(12-3,13-4)44-34/h20,23,25,27-30,39-40H,10-19,21-22H2,1-9H3/t23-,25-,27+,28-,29-,30+,32+,33+,34+,37+/m0/s1. The van der Waals surface area contributed by atoms with Gasteiger partial charge in [-0.2, -0.15) is 0 Å². The summed E-state index contributed by atoms with van der Waals surface area (Å²) in [6.45, 7) is 18.9. The molecule has 0 aromatic carbocycles. The van der Waals surface area contributed by atoms with Crippen LogP contribution in [-0.2, 0) is 23.7 Å². The molecule has 4 aliphatic carbocycles. The first-order valence-corrected chi connectivity index (χ1v) is 17.9. The van der Waals surface area contributed by atoms with E-state index in [0.29, 0.717) is 25.7 Å². The van der Waals surface area contributed by atoms with Gasteiger partial charge in [-0.25, -0.2) is 0 Å². The predicted molar refractivity (Wildman–Crippen MR) is 169 cm³/mol. The van der Waals surface area contributed by atoms with Crippen LogP contribution in [-0.4, -0.2) is 62.7 Å². The Kier molecular flexibility index (Phi) is 7.96. The van der Waals surface area contributed by atoms with Crippen LogP contribution in [0, 0.1) is 28.6 Å². The van der Waals surface area contributed by atoms with Gasteiger partial charge in [-0.15, -0.1) is 0 Å². The van der Waals surface area contributed by atoms with E-state index < -0.39 is 33.8 Å². The van der Waals surface area contributed by atoms with E-state index in [4.69, 9.17) is 18.9 Å². The minimum Gasteiger partial charge on any atom is -0.390 e. The van der Waals surface area contributed by atoms with Crippen molar-refractivity contribution in [2.75, 3.05) is 0 Å². The molecule has 0 amide bonds. The molecule has 7 nitrogen and oxygen atoms in total. The summed E-state index contributed by atoms with van der Waals surface area (Å²) in [5.74, 6) is -0.991. The van der Waals surface area contributed by atoms with Crippen molar-refractivity contribution in [3.63, 3.8) is 0 Å². The lowest BCUT2D eigenvalue weighted by atomic mass is 9.45. The van der Waals surface area contributed by atoms with E-state index in [2.05, 4.69) is 48.5 Å². The third-order valence-corrected chi connectivity index (χ3v) is 14.1. The molecule has 7 heteroatoms. The smallest absolute Gasteiger partial charge is 0.169 e. The van der Waals surface area contributed by atoms with Gasteiger partial charge in [0.05, 0.1) is 35.1 Å². The molecule has 3 saturated carbocycles. The van der Waals surface area contributed by atoms with Crippen molar-refractivity contribution in [2.24, 2.45) is 28.6 Å². The van der Waals surface area contributed by atoms with Gasteiger partial charge in [-0.3, -0.25) is 4.79 Å². The van der Waals surface area contributed by atoms with Crippen LogP contribution in [0.5, 0.6) is 0 Å². The van der Waals surface area contributed by atoms with Gasteiger partial charge < -0.3 is 29.2 Å². The maximum Gasteiger partial charge on any atom is 0.169 e. The summed E-state index contributed by atoms with van der Waals surface area (Å²) in [5.41, 5.74) is -2.28. The van der Waals surface area contributed by atoms with Crippen LogP contribution >= 0.6 is 0 Å². The van der Waals surface area contributed by atoms with Gasteiger partial charge in [-0.05, 0) is 127 Å². The molecule has 0 spiro atoms. The van der Waals surface area contributed by atoms with Crippen molar-refractivity contribution in [1.82, 2.24) is 0 Å². The summed E-state index contributed by atoms with van der Waals surface area (Å²) in [4.78, 5) is 14.1. The lowest BCUT2D eigenvalue weighted by molar-refractivity contribution is -0.212. The monoisotopic (exact) mass is 616 g/mol. The molecule has 6 aliphatic rings. The molecule has 2 aliphatic heterocycles. The van der Waals surface area contributed by atoms with E-state index in [0.717, 1.165) is 56.9 Å². The first-order valence-electron chi connectivity index (χ1n) is 17.9. The molecule has 0 radical (unpaired) electrons. The zero-order valence-electron chi connectivity index (χ0n) is 29.0. The molecular formula is C37H60O7. The highest BCUT2D eigenvalue weighted by atomic mass is 16.8. The molecule has 2 saturated heterocycles. The van der Waals surface area contributed by atoms with Gasteiger partial charge in [0.15, 0.2) is 17.4 Å². The van der Waals surface area contributed by atoms with E-state index in [9.17, 15) is 15.0 Å². The molecular weight excluding hydrogens is 556 g/mol. The van der Waals surface area contributed by atoms with Gasteiger partial charge >= 0.3 is 0 Å². The Labute approximate surface area is 265 Å². The van der Waals surface area contributed by atoms with Crippen molar-refractivity contribution in [3.8, 4) is 0 Å². The number of allylic oxidation sites excluding steroid dienone is 1. The van der Waals surface area contributed by atoms with Gasteiger partial charge in [0.2, 0.25) is 0 Å². The zero-order chi connectivity index (χ0) is 32.1. The second kappa shape index (κ2) is 10.6. The quantitative estimate of drug-likeness (QED) is 0.303. The SMILES string of the molecule is CCC1(CC)O[C@H]2C[C@@]3(C)[C@@H](C[C@H]2O1)C(=O)C=C1[C@@H]3CC[C@]2(C)[C@@H]([C@@]3(C)OC(CC)(CC)O[C@@H]3CCC(C)(C)O)CC[C@@]12O. The van der Waals surface area contributed by atoms with Crippen molar-refractivity contribution < 1.29 is 34.0 Å². The number of hydrogen-bond donors (Lipinski definition) is 2. The zero-order valence-corrected chi connectivity index (χ0v) is 29.0. The minimum atomic E-state index is -1.08. The molecule has 0 unspecified atom stereocenters. The van der Waals surface area contributed by atoms with Crippen molar-refractivity contribution >= 4 is 5.78 Å². The minimum absolute atomic E-state index is 0.0155. The van der Waals surface area contributed by atoms with Crippen molar-refractivity contribution in [3.05, 3.63) is 11.6 Å². The summed E-state index contributed by atoms with van der Waals surface area (Å²) < 4.78 is 27.0. The van der Waals surface area contributed by atoms with Crippen LogP contribution in [0.2, 0.25) is 0 Å². The van der Waals surface area contributed by atoms with E-state index in [1.54, 1.807) is 0 Å². The number of carbonyl (C=O) groups is 1. The summed E-state index contributed by atoms with van der Waals surface area (Å²) in [7, 11) is 0. The van der Waals surface area contributed by atoms with Crippen molar-refractivity contribution in [2.45, 2.75) is 186 Å². The Hall–Kier alpha value is -0.830. The second-order valence-electron chi connectivity index (χ2n) is 16.8. The molecule has 2 heterocycles. The van der Waals surface area contributed by atoms with Crippen LogP contribution < -0.4 is 0 Å². The largest absolute Gasteiger partial charge is 0.390 e. The number of ketones is 1. The summed E-state index contributed by atoms with van der Waals surface area (Å²) >= 11 is 0. The molecule has 2 N–H and O–H groups in total. The molecule has 5 fully saturated rings. The van der Waals surface area contributed by atoms with E-state index in [1.807, 2.05) is 19.9 Å². The van der Waals surface area contributed by atoms with Crippen molar-refractivity contribution in [1.29, 1.82) is 0 Å². The van der Waals surface area contributed by atoms with Gasteiger partial charge in [0, 0.05) is 11.3 Å². The van der Waals surface area contributed by atoms with E-state index in [-0.39, 0.29) is 47.3 Å². The molecule has 0 aromatic rings. The highest BCUT2D eigenvalue weighted by molar-refractivity contribution is 5.95. The number of rotatable bonds is 8. The average molecular weight is 617 g/mol. The predicted octanol–water partition coefficient (Wildman–Crippen LogP) is 7.01. The summed E-state index contributed by atoms with van der Waals surface area (Å²) in [6, 6.07) is 0. The Morgan fingerprint density at radius 2 is 1.52 bits per heavy atom. The Morgan fingerprint density at radius 3 is 2.14 bits per heavy atom. The molecule has 10 atom stereocenters. The molecule has 44 heavy (non-hydrogen) atoms. The fourth-order valence-corrected chi connectivity index (χ4v) is 11.2. The number of fused-ring (bicyclic) bond motifs is 6. The Balaban J connectivity index is 1.33. The number of carbonyl (C=O) groups excluding carboxylic acids is 1. The first-order chi connectivity index (χ1) is 20.5. The maximum atomic E-state index is 14.1. The number of hydrogen-bond acceptors (Lipinski definition) is 7. The van der Waals surface area contributed by atoms with Crippen LogP contribution in [0.25, 0.3) is 0 Å². The third kappa shape index (κ3) is 4.60. The third-order valence-electron chi connectivity index (χ3n) is 14.1. The highest BCUT2D eigenvalue weighted by Gasteiger charge is 2.72. The van der Waals surface area contributed by atoms with Crippen LogP contribution in [0.15, 0.2) is 11.6 Å².